The molecule has 0 aromatic rings. The van der Waals surface area contributed by atoms with Crippen LogP contribution in [-0.2, 0) is 18.3 Å². The Balaban J connectivity index is 2.54. The third kappa shape index (κ3) is 5.10. The van der Waals surface area contributed by atoms with E-state index in [1.54, 1.807) is 0 Å². The fraction of sp³-hybridized carbons (Fsp3) is 1.00. The zero-order chi connectivity index (χ0) is 4.28. The average molecular weight is 187 g/mol. The predicted molar refractivity (Wildman–Crippen MR) is 23.0 cm³/mol. The van der Waals surface area contributed by atoms with Crippen LogP contribution in [0, 0.1) is 0 Å². The van der Waals surface area contributed by atoms with E-state index in [4.69, 9.17) is 0 Å². The topological polar surface area (TPSA) is 0 Å². The van der Waals surface area contributed by atoms with Gasteiger partial charge in [-0.3, -0.25) is 0 Å². The van der Waals surface area contributed by atoms with E-state index in [0.717, 1.165) is 3.42 Å². The Morgan fingerprint density at radius 3 is 2.20 bits per heavy atom. The molecule has 0 amide bonds. The summed E-state index contributed by atoms with van der Waals surface area (Å²) in [5.41, 5.74) is 0. The number of hydrogen-bond acceptors (Lipinski definition) is 0. The Hall–Kier alpha value is 1.10. The van der Waals surface area contributed by atoms with Crippen molar-refractivity contribution in [2.45, 2.75) is 16.8 Å². The predicted octanol–water partition coefficient (Wildman–Crippen LogP) is 1.66. The Bertz CT molecular complexity index is 20.9. The standard InChI is InChI=1S/C3H6Br.Zn/c1-2-3-4;/h3H,2H2,1H3;. The van der Waals surface area contributed by atoms with Gasteiger partial charge in [0.05, 0.1) is 0 Å². The van der Waals surface area contributed by atoms with Crippen LogP contribution in [0.15, 0.2) is 0 Å². The summed E-state index contributed by atoms with van der Waals surface area (Å²) in [7, 11) is 0. The summed E-state index contributed by atoms with van der Waals surface area (Å²) in [5.74, 6) is 0. The molecule has 0 saturated heterocycles. The Labute approximate surface area is 51.1 Å². The second-order valence-corrected chi connectivity index (χ2v) is 6.88. The third-order valence-corrected chi connectivity index (χ3v) is 2.30. The van der Waals surface area contributed by atoms with Crippen LogP contribution in [0.25, 0.3) is 0 Å². The molecule has 5 heavy (non-hydrogen) atoms. The molecule has 0 rings (SSSR count). The van der Waals surface area contributed by atoms with E-state index in [9.17, 15) is 0 Å². The molecular weight excluding hydrogens is 181 g/mol. The van der Waals surface area contributed by atoms with Crippen molar-refractivity contribution in [3.05, 3.63) is 0 Å². The van der Waals surface area contributed by atoms with E-state index in [1.165, 1.54) is 24.7 Å². The molecule has 2 heteroatoms. The van der Waals surface area contributed by atoms with Gasteiger partial charge < -0.3 is 0 Å². The minimum absolute atomic E-state index is 0.822. The van der Waals surface area contributed by atoms with Crippen LogP contribution in [0.5, 0.6) is 0 Å². The first-order valence-electron chi connectivity index (χ1n) is 1.74. The summed E-state index contributed by atoms with van der Waals surface area (Å²) in [6.45, 7) is 2.18. The first-order chi connectivity index (χ1) is 2.27. The van der Waals surface area contributed by atoms with E-state index in [-0.39, 0.29) is 0 Å². The van der Waals surface area contributed by atoms with Gasteiger partial charge in [-0.05, 0) is 0 Å². The second kappa shape index (κ2) is 3.30. The van der Waals surface area contributed by atoms with Crippen molar-refractivity contribution in [3.63, 3.8) is 0 Å². The average Bonchev–Trinajstić information content (AvgIpc) is 1.38. The molecule has 0 nitrogen and oxygen atoms in total. The molecule has 0 bridgehead atoms. The first kappa shape index (κ1) is 6.10. The molecule has 0 N–H and O–H groups in total. The minimum atomic E-state index is 0.822. The van der Waals surface area contributed by atoms with Gasteiger partial charge in [-0.1, -0.05) is 0 Å². The van der Waals surface area contributed by atoms with Gasteiger partial charge in [0.2, 0.25) is 0 Å². The van der Waals surface area contributed by atoms with E-state index < -0.39 is 0 Å². The summed E-state index contributed by atoms with van der Waals surface area (Å²) in [6.07, 6.45) is 1.28. The molecular formula is C3H6BrZn. The van der Waals surface area contributed by atoms with Gasteiger partial charge >= 0.3 is 51.0 Å². The van der Waals surface area contributed by atoms with Crippen LogP contribution < -0.4 is 0 Å². The number of halogens is 1. The third-order valence-electron chi connectivity index (χ3n) is 0.443. The van der Waals surface area contributed by atoms with E-state index in [2.05, 4.69) is 22.9 Å². The van der Waals surface area contributed by atoms with Crippen LogP contribution in [0.3, 0.4) is 0 Å². The van der Waals surface area contributed by atoms with Gasteiger partial charge in [0, 0.05) is 0 Å². The molecule has 0 aliphatic heterocycles. The molecule has 0 spiro atoms. The van der Waals surface area contributed by atoms with Gasteiger partial charge in [-0.25, -0.2) is 0 Å². The van der Waals surface area contributed by atoms with Gasteiger partial charge in [0.1, 0.15) is 0 Å². The molecule has 0 heterocycles. The summed E-state index contributed by atoms with van der Waals surface area (Å²) < 4.78 is 0.822. The fourth-order valence-electron chi connectivity index (χ4n) is 0. The SMILES string of the molecule is CC[CH]([Zn])Br. The van der Waals surface area contributed by atoms with Crippen LogP contribution in [0.1, 0.15) is 13.3 Å². The van der Waals surface area contributed by atoms with Crippen LogP contribution in [-0.4, -0.2) is 3.42 Å². The zero-order valence-corrected chi connectivity index (χ0v) is 7.92. The number of hydrogen-bond donors (Lipinski definition) is 0. The van der Waals surface area contributed by atoms with E-state index in [1.807, 2.05) is 0 Å². The Morgan fingerprint density at radius 1 is 2.00 bits per heavy atom. The Morgan fingerprint density at radius 2 is 2.20 bits per heavy atom. The Kier molecular flexibility index (Phi) is 4.03. The molecule has 27 valence electrons. The summed E-state index contributed by atoms with van der Waals surface area (Å²) >= 11 is 4.80. The van der Waals surface area contributed by atoms with Crippen molar-refractivity contribution in [1.82, 2.24) is 0 Å². The zero-order valence-electron chi connectivity index (χ0n) is 3.37. The maximum absolute atomic E-state index is 3.43. The summed E-state index contributed by atoms with van der Waals surface area (Å²) in [4.78, 5) is 0. The van der Waals surface area contributed by atoms with Gasteiger partial charge in [0.15, 0.2) is 0 Å². The van der Waals surface area contributed by atoms with Gasteiger partial charge in [-0.15, -0.1) is 0 Å². The molecule has 0 aliphatic carbocycles. The van der Waals surface area contributed by atoms with Crippen molar-refractivity contribution in [1.29, 1.82) is 0 Å². The second-order valence-electron chi connectivity index (χ2n) is 1.01. The first-order valence-corrected chi connectivity index (χ1v) is 4.37. The van der Waals surface area contributed by atoms with Crippen LogP contribution >= 0.6 is 15.9 Å². The fourth-order valence-corrected chi connectivity index (χ4v) is 0. The van der Waals surface area contributed by atoms with Crippen LogP contribution in [0.4, 0.5) is 0 Å². The molecule has 0 aromatic carbocycles. The van der Waals surface area contributed by atoms with Gasteiger partial charge in [-0.2, -0.15) is 0 Å². The molecule has 0 radical (unpaired) electrons. The number of rotatable bonds is 1. The molecule has 0 saturated carbocycles. The quantitative estimate of drug-likeness (QED) is 0.433. The molecule has 0 aromatic heterocycles. The van der Waals surface area contributed by atoms with Gasteiger partial charge in [0.25, 0.3) is 0 Å². The summed E-state index contributed by atoms with van der Waals surface area (Å²) in [5, 5.41) is 0. The van der Waals surface area contributed by atoms with Crippen molar-refractivity contribution in [2.24, 2.45) is 0 Å². The number of alkyl halides is 1. The monoisotopic (exact) mass is 185 g/mol. The molecule has 1 unspecified atom stereocenters. The van der Waals surface area contributed by atoms with E-state index in [0.29, 0.717) is 0 Å². The normalized spacial score (nSPS) is 15.2. The van der Waals surface area contributed by atoms with Crippen molar-refractivity contribution in [2.75, 3.05) is 0 Å². The summed E-state index contributed by atoms with van der Waals surface area (Å²) in [6, 6.07) is 0. The van der Waals surface area contributed by atoms with Crippen molar-refractivity contribution >= 4 is 15.9 Å². The van der Waals surface area contributed by atoms with E-state index >= 15 is 0 Å². The van der Waals surface area contributed by atoms with Crippen LogP contribution in [0.2, 0.25) is 0 Å². The molecule has 1 atom stereocenters. The molecule has 0 aliphatic rings. The molecule has 0 fully saturated rings. The van der Waals surface area contributed by atoms with Crippen molar-refractivity contribution < 1.29 is 18.3 Å². The van der Waals surface area contributed by atoms with Crippen molar-refractivity contribution in [3.8, 4) is 0 Å². The maximum atomic E-state index is 3.43.